The molecule has 4 heteroatoms. The third kappa shape index (κ3) is 2.76. The Morgan fingerprint density at radius 1 is 1.38 bits per heavy atom. The maximum absolute atomic E-state index is 11.8. The third-order valence-corrected chi connectivity index (χ3v) is 3.30. The van der Waals surface area contributed by atoms with Gasteiger partial charge in [0.1, 0.15) is 6.61 Å². The molecule has 1 aromatic carbocycles. The molecule has 0 aliphatic heterocycles. The highest BCUT2D eigenvalue weighted by Gasteiger charge is 2.20. The molecule has 0 atom stereocenters. The van der Waals surface area contributed by atoms with E-state index in [-0.39, 0.29) is 18.5 Å². The molecule has 1 aliphatic carbocycles. The van der Waals surface area contributed by atoms with Gasteiger partial charge in [-0.2, -0.15) is 0 Å². The van der Waals surface area contributed by atoms with Gasteiger partial charge >= 0.3 is 0 Å². The van der Waals surface area contributed by atoms with Crippen molar-refractivity contribution in [1.29, 1.82) is 0 Å². The van der Waals surface area contributed by atoms with E-state index in [0.29, 0.717) is 15.6 Å². The van der Waals surface area contributed by atoms with Crippen molar-refractivity contribution >= 4 is 29.0 Å². The Balaban J connectivity index is 1.99. The van der Waals surface area contributed by atoms with Crippen LogP contribution in [0.5, 0.6) is 0 Å². The number of ether oxygens (including phenoxy) is 1. The molecule has 0 unspecified atom stereocenters. The number of halogens is 2. The predicted octanol–water partition coefficient (Wildman–Crippen LogP) is 3.75. The van der Waals surface area contributed by atoms with Crippen molar-refractivity contribution in [3.05, 3.63) is 33.8 Å². The number of rotatable bonds is 4. The van der Waals surface area contributed by atoms with Crippen LogP contribution in [0.1, 0.15) is 29.6 Å². The van der Waals surface area contributed by atoms with E-state index in [2.05, 4.69) is 0 Å². The molecule has 1 aromatic rings. The third-order valence-electron chi connectivity index (χ3n) is 2.73. The summed E-state index contributed by atoms with van der Waals surface area (Å²) >= 11 is 11.7. The lowest BCUT2D eigenvalue weighted by atomic mass is 9.96. The van der Waals surface area contributed by atoms with Crippen molar-refractivity contribution < 1.29 is 9.53 Å². The number of carbonyl (C=O) groups is 1. The van der Waals surface area contributed by atoms with E-state index >= 15 is 0 Å². The largest absolute Gasteiger partial charge is 0.370 e. The van der Waals surface area contributed by atoms with Crippen LogP contribution in [0.2, 0.25) is 10.0 Å². The van der Waals surface area contributed by atoms with Crippen LogP contribution in [-0.2, 0) is 4.74 Å². The second kappa shape index (κ2) is 5.17. The molecule has 0 bridgehead atoms. The van der Waals surface area contributed by atoms with E-state index in [1.165, 1.54) is 6.42 Å². The van der Waals surface area contributed by atoms with Gasteiger partial charge in [0.15, 0.2) is 5.78 Å². The Labute approximate surface area is 104 Å². The first-order valence-corrected chi connectivity index (χ1v) is 6.02. The van der Waals surface area contributed by atoms with Crippen LogP contribution < -0.4 is 0 Å². The van der Waals surface area contributed by atoms with Crippen molar-refractivity contribution in [2.75, 3.05) is 6.61 Å². The Morgan fingerprint density at radius 3 is 2.75 bits per heavy atom. The van der Waals surface area contributed by atoms with E-state index in [1.54, 1.807) is 18.2 Å². The standard InChI is InChI=1S/C12H12Cl2O2/c13-8-4-5-11(14)10(6-8)12(15)7-16-9-2-1-3-9/h4-6,9H,1-3,7H2. The van der Waals surface area contributed by atoms with Gasteiger partial charge in [-0.05, 0) is 37.5 Å². The van der Waals surface area contributed by atoms with Crippen LogP contribution in [0, 0.1) is 0 Å². The van der Waals surface area contributed by atoms with Gasteiger partial charge in [0, 0.05) is 10.6 Å². The summed E-state index contributed by atoms with van der Waals surface area (Å²) in [5.41, 5.74) is 0.438. The molecule has 2 rings (SSSR count). The molecule has 0 amide bonds. The van der Waals surface area contributed by atoms with E-state index < -0.39 is 0 Å². The fourth-order valence-electron chi connectivity index (χ4n) is 1.52. The van der Waals surface area contributed by atoms with Crippen LogP contribution in [-0.4, -0.2) is 18.5 Å². The Morgan fingerprint density at radius 2 is 2.12 bits per heavy atom. The van der Waals surface area contributed by atoms with Crippen molar-refractivity contribution in [2.24, 2.45) is 0 Å². The zero-order valence-corrected chi connectivity index (χ0v) is 10.2. The average molecular weight is 259 g/mol. The Kier molecular flexibility index (Phi) is 3.85. The zero-order valence-electron chi connectivity index (χ0n) is 8.71. The maximum Gasteiger partial charge on any atom is 0.190 e. The molecule has 0 N–H and O–H groups in total. The topological polar surface area (TPSA) is 26.3 Å². The molecule has 16 heavy (non-hydrogen) atoms. The quantitative estimate of drug-likeness (QED) is 0.770. The van der Waals surface area contributed by atoms with Gasteiger partial charge in [0.05, 0.1) is 11.1 Å². The van der Waals surface area contributed by atoms with Crippen LogP contribution in [0.25, 0.3) is 0 Å². The van der Waals surface area contributed by atoms with E-state index in [1.807, 2.05) is 0 Å². The van der Waals surface area contributed by atoms with Gasteiger partial charge < -0.3 is 4.74 Å². The minimum atomic E-state index is -0.112. The molecule has 0 heterocycles. The summed E-state index contributed by atoms with van der Waals surface area (Å²) < 4.78 is 5.44. The van der Waals surface area contributed by atoms with Gasteiger partial charge in [0.2, 0.25) is 0 Å². The van der Waals surface area contributed by atoms with Gasteiger partial charge in [0.25, 0.3) is 0 Å². The van der Waals surface area contributed by atoms with Gasteiger partial charge in [-0.15, -0.1) is 0 Å². The second-order valence-corrected chi connectivity index (χ2v) is 4.75. The van der Waals surface area contributed by atoms with E-state index in [0.717, 1.165) is 12.8 Å². The molecule has 0 saturated heterocycles. The Bertz CT molecular complexity index is 400. The van der Waals surface area contributed by atoms with Crippen molar-refractivity contribution in [3.8, 4) is 0 Å². The molecule has 1 aliphatic rings. The first kappa shape index (κ1) is 11.9. The fraction of sp³-hybridized carbons (Fsp3) is 0.417. The number of Topliss-reactive ketones (excluding diaryl/α,β-unsaturated/α-hetero) is 1. The molecule has 2 nitrogen and oxygen atoms in total. The number of hydrogen-bond donors (Lipinski definition) is 0. The highest BCUT2D eigenvalue weighted by Crippen LogP contribution is 2.24. The molecule has 0 aromatic heterocycles. The SMILES string of the molecule is O=C(COC1CCC1)c1cc(Cl)ccc1Cl. The highest BCUT2D eigenvalue weighted by molar-refractivity contribution is 6.35. The number of benzene rings is 1. The maximum atomic E-state index is 11.8. The molecule has 1 fully saturated rings. The molecule has 1 saturated carbocycles. The molecular formula is C12H12Cl2O2. The normalized spacial score (nSPS) is 15.9. The Hall–Kier alpha value is -0.570. The summed E-state index contributed by atoms with van der Waals surface area (Å²) in [5, 5.41) is 0.933. The summed E-state index contributed by atoms with van der Waals surface area (Å²) in [5.74, 6) is -0.112. The smallest absolute Gasteiger partial charge is 0.190 e. The van der Waals surface area contributed by atoms with Crippen LogP contribution in [0.15, 0.2) is 18.2 Å². The van der Waals surface area contributed by atoms with Crippen LogP contribution in [0.4, 0.5) is 0 Å². The lowest BCUT2D eigenvalue weighted by Gasteiger charge is -2.25. The minimum absolute atomic E-state index is 0.0880. The summed E-state index contributed by atoms with van der Waals surface area (Å²) in [6, 6.07) is 4.87. The first-order valence-electron chi connectivity index (χ1n) is 5.26. The van der Waals surface area contributed by atoms with Gasteiger partial charge in [-0.25, -0.2) is 0 Å². The monoisotopic (exact) mass is 258 g/mol. The molecule has 86 valence electrons. The summed E-state index contributed by atoms with van der Waals surface area (Å²) in [7, 11) is 0. The first-order chi connectivity index (χ1) is 7.66. The van der Waals surface area contributed by atoms with Crippen LogP contribution in [0.3, 0.4) is 0 Å². The van der Waals surface area contributed by atoms with Crippen molar-refractivity contribution in [2.45, 2.75) is 25.4 Å². The van der Waals surface area contributed by atoms with Crippen molar-refractivity contribution in [3.63, 3.8) is 0 Å². The number of carbonyl (C=O) groups excluding carboxylic acids is 1. The lowest BCUT2D eigenvalue weighted by molar-refractivity contribution is 0.00731. The second-order valence-electron chi connectivity index (χ2n) is 3.91. The molecule has 0 radical (unpaired) electrons. The lowest BCUT2D eigenvalue weighted by Crippen LogP contribution is -2.24. The number of hydrogen-bond acceptors (Lipinski definition) is 2. The van der Waals surface area contributed by atoms with Crippen molar-refractivity contribution in [1.82, 2.24) is 0 Å². The van der Waals surface area contributed by atoms with Gasteiger partial charge in [-0.1, -0.05) is 23.2 Å². The highest BCUT2D eigenvalue weighted by atomic mass is 35.5. The zero-order chi connectivity index (χ0) is 11.5. The van der Waals surface area contributed by atoms with E-state index in [4.69, 9.17) is 27.9 Å². The fourth-order valence-corrected chi connectivity index (χ4v) is 1.91. The average Bonchev–Trinajstić information content (AvgIpc) is 2.19. The van der Waals surface area contributed by atoms with Gasteiger partial charge in [-0.3, -0.25) is 4.79 Å². The summed E-state index contributed by atoms with van der Waals surface area (Å²) in [4.78, 5) is 11.8. The summed E-state index contributed by atoms with van der Waals surface area (Å²) in [6.45, 7) is 0.0880. The summed E-state index contributed by atoms with van der Waals surface area (Å²) in [6.07, 6.45) is 3.55. The molecular weight excluding hydrogens is 247 g/mol. The van der Waals surface area contributed by atoms with E-state index in [9.17, 15) is 4.79 Å². The predicted molar refractivity (Wildman–Crippen MR) is 64.4 cm³/mol. The van der Waals surface area contributed by atoms with Crippen LogP contribution >= 0.6 is 23.2 Å². The molecule has 0 spiro atoms. The minimum Gasteiger partial charge on any atom is -0.370 e. The number of ketones is 1.